The molecule has 3 N–H and O–H groups in total. The molecule has 0 aliphatic heterocycles. The molecule has 1 aromatic heterocycles. The van der Waals surface area contributed by atoms with Crippen LogP contribution in [0.4, 0.5) is 17.2 Å². The number of H-pyrrole nitrogens is 1. The Morgan fingerprint density at radius 1 is 1.22 bits per heavy atom. The Morgan fingerprint density at radius 2 is 2.00 bits per heavy atom. The summed E-state index contributed by atoms with van der Waals surface area (Å²) in [6, 6.07) is 17.6. The molecule has 9 heteroatoms. The van der Waals surface area contributed by atoms with E-state index in [-0.39, 0.29) is 28.4 Å². The number of aromatic hydroxyl groups is 1. The lowest BCUT2D eigenvalue weighted by molar-refractivity contribution is 0.102. The number of azo groups is 1. The molecule has 0 aliphatic rings. The summed E-state index contributed by atoms with van der Waals surface area (Å²) in [4.78, 5) is 12.9. The van der Waals surface area contributed by atoms with Crippen LogP contribution in [0.3, 0.4) is 0 Å². The molecule has 0 bridgehead atoms. The van der Waals surface area contributed by atoms with Gasteiger partial charge >= 0.3 is 0 Å². The zero-order valence-electron chi connectivity index (χ0n) is 17.0. The third kappa shape index (κ3) is 4.11. The first-order chi connectivity index (χ1) is 15.6. The highest BCUT2D eigenvalue weighted by molar-refractivity contribution is 6.11. The zero-order chi connectivity index (χ0) is 22.5. The lowest BCUT2D eigenvalue weighted by atomic mass is 10.0. The van der Waals surface area contributed by atoms with Crippen LogP contribution >= 0.6 is 0 Å². The molecule has 0 aliphatic carbocycles. The molecule has 0 saturated carbocycles. The molecule has 1 amide bonds. The van der Waals surface area contributed by atoms with Crippen molar-refractivity contribution < 1.29 is 14.6 Å². The molecule has 0 atom stereocenters. The van der Waals surface area contributed by atoms with Crippen LogP contribution in [0.1, 0.15) is 22.8 Å². The number of nitrogens with zero attached hydrogens (tertiary/aromatic N) is 4. The molecule has 9 nitrogen and oxygen atoms in total. The number of aromatic nitrogens is 2. The SMILES string of the molecule is CCOc1ccc(NC(=O)c2cc3ccccc3c(/N=N/c3[nH]ncc3C#N)c2O)cc1. The van der Waals surface area contributed by atoms with Crippen molar-refractivity contribution in [2.24, 2.45) is 10.2 Å². The van der Waals surface area contributed by atoms with Gasteiger partial charge in [0, 0.05) is 11.1 Å². The number of fused-ring (bicyclic) bond motifs is 1. The Hall–Kier alpha value is -4.71. The molecular weight excluding hydrogens is 408 g/mol. The number of hydrogen-bond acceptors (Lipinski definition) is 7. The van der Waals surface area contributed by atoms with E-state index in [1.165, 1.54) is 6.20 Å². The van der Waals surface area contributed by atoms with Crippen molar-refractivity contribution in [1.82, 2.24) is 10.2 Å². The number of hydrogen-bond donors (Lipinski definition) is 3. The van der Waals surface area contributed by atoms with Gasteiger partial charge in [-0.3, -0.25) is 9.89 Å². The Kier molecular flexibility index (Phi) is 5.76. The fourth-order valence-corrected chi connectivity index (χ4v) is 3.13. The smallest absolute Gasteiger partial charge is 0.259 e. The highest BCUT2D eigenvalue weighted by Gasteiger charge is 2.19. The quantitative estimate of drug-likeness (QED) is 0.364. The molecule has 4 aromatic rings. The molecule has 0 saturated heterocycles. The maximum atomic E-state index is 12.9. The first-order valence-electron chi connectivity index (χ1n) is 9.75. The van der Waals surface area contributed by atoms with Crippen molar-refractivity contribution in [2.45, 2.75) is 6.92 Å². The van der Waals surface area contributed by atoms with Crippen molar-refractivity contribution >= 4 is 33.9 Å². The van der Waals surface area contributed by atoms with E-state index in [1.54, 1.807) is 48.5 Å². The van der Waals surface area contributed by atoms with Gasteiger partial charge in [0.15, 0.2) is 11.6 Å². The predicted octanol–water partition coefficient (Wildman–Crippen LogP) is 5.21. The van der Waals surface area contributed by atoms with E-state index >= 15 is 0 Å². The number of aromatic amines is 1. The topological polar surface area (TPSA) is 136 Å². The maximum absolute atomic E-state index is 12.9. The van der Waals surface area contributed by atoms with Gasteiger partial charge in [-0.15, -0.1) is 10.2 Å². The maximum Gasteiger partial charge on any atom is 0.259 e. The van der Waals surface area contributed by atoms with Crippen LogP contribution in [0.15, 0.2) is 71.0 Å². The summed E-state index contributed by atoms with van der Waals surface area (Å²) in [7, 11) is 0. The average Bonchev–Trinajstić information content (AvgIpc) is 3.27. The van der Waals surface area contributed by atoms with Gasteiger partial charge < -0.3 is 15.2 Å². The number of rotatable bonds is 6. The summed E-state index contributed by atoms with van der Waals surface area (Å²) in [6.07, 6.45) is 1.33. The second-order valence-electron chi connectivity index (χ2n) is 6.70. The third-order valence-electron chi connectivity index (χ3n) is 4.65. The van der Waals surface area contributed by atoms with Gasteiger partial charge in [0.1, 0.15) is 23.1 Å². The number of carbonyl (C=O) groups excluding carboxylic acids is 1. The summed E-state index contributed by atoms with van der Waals surface area (Å²) in [5.41, 5.74) is 0.905. The number of benzene rings is 3. The molecule has 3 aromatic carbocycles. The van der Waals surface area contributed by atoms with Gasteiger partial charge in [0.05, 0.1) is 18.4 Å². The number of carbonyl (C=O) groups is 1. The Morgan fingerprint density at radius 3 is 2.75 bits per heavy atom. The van der Waals surface area contributed by atoms with E-state index in [4.69, 9.17) is 10.00 Å². The largest absolute Gasteiger partial charge is 0.505 e. The normalized spacial score (nSPS) is 10.9. The van der Waals surface area contributed by atoms with E-state index < -0.39 is 5.91 Å². The number of nitrogens with one attached hydrogen (secondary N) is 2. The number of nitriles is 1. The fourth-order valence-electron chi connectivity index (χ4n) is 3.13. The number of phenols is 1. The van der Waals surface area contributed by atoms with Crippen molar-refractivity contribution in [3.8, 4) is 17.6 Å². The molecule has 0 fully saturated rings. The van der Waals surface area contributed by atoms with Crippen LogP contribution in [-0.2, 0) is 0 Å². The minimum absolute atomic E-state index is 0.0386. The van der Waals surface area contributed by atoms with Gasteiger partial charge in [0.2, 0.25) is 0 Å². The number of ether oxygens (including phenoxy) is 1. The van der Waals surface area contributed by atoms with E-state index in [9.17, 15) is 9.90 Å². The first-order valence-corrected chi connectivity index (χ1v) is 9.75. The molecule has 0 radical (unpaired) electrons. The molecule has 158 valence electrons. The van der Waals surface area contributed by atoms with Crippen LogP contribution in [0.5, 0.6) is 11.5 Å². The summed E-state index contributed by atoms with van der Waals surface area (Å²) >= 11 is 0. The molecule has 4 rings (SSSR count). The third-order valence-corrected chi connectivity index (χ3v) is 4.65. The zero-order valence-corrected chi connectivity index (χ0v) is 17.0. The Balaban J connectivity index is 1.71. The summed E-state index contributed by atoms with van der Waals surface area (Å²) in [6.45, 7) is 2.43. The highest BCUT2D eigenvalue weighted by Crippen LogP contribution is 2.39. The van der Waals surface area contributed by atoms with Gasteiger partial charge in [-0.25, -0.2) is 0 Å². The minimum Gasteiger partial charge on any atom is -0.505 e. The first kappa shape index (κ1) is 20.6. The van der Waals surface area contributed by atoms with Gasteiger partial charge in [-0.1, -0.05) is 24.3 Å². The highest BCUT2D eigenvalue weighted by atomic mass is 16.5. The van der Waals surface area contributed by atoms with Crippen LogP contribution in [-0.4, -0.2) is 27.8 Å². The van der Waals surface area contributed by atoms with E-state index in [2.05, 4.69) is 25.7 Å². The molecule has 32 heavy (non-hydrogen) atoms. The van der Waals surface area contributed by atoms with Crippen molar-refractivity contribution in [1.29, 1.82) is 5.26 Å². The van der Waals surface area contributed by atoms with Crippen molar-refractivity contribution in [3.05, 3.63) is 71.9 Å². The molecule has 0 spiro atoms. The van der Waals surface area contributed by atoms with Crippen LogP contribution < -0.4 is 10.1 Å². The van der Waals surface area contributed by atoms with Crippen molar-refractivity contribution in [3.63, 3.8) is 0 Å². The minimum atomic E-state index is -0.506. The molecule has 0 unspecified atom stereocenters. The average molecular weight is 426 g/mol. The predicted molar refractivity (Wildman–Crippen MR) is 119 cm³/mol. The van der Waals surface area contributed by atoms with Gasteiger partial charge in [0.25, 0.3) is 5.91 Å². The van der Waals surface area contributed by atoms with Crippen LogP contribution in [0.2, 0.25) is 0 Å². The van der Waals surface area contributed by atoms with E-state index in [0.717, 1.165) is 0 Å². The van der Waals surface area contributed by atoms with Gasteiger partial charge in [-0.05, 0) is 42.6 Å². The second-order valence-corrected chi connectivity index (χ2v) is 6.70. The standard InChI is InChI=1S/C23H18N6O3/c1-2-32-17-9-7-16(8-10-17)26-23(31)19-11-14-5-3-4-6-18(14)20(21(19)30)27-29-22-15(12-24)13-25-28-22/h3-11,13,30H,2H2,1H3,(H,25,28)(H,26,31)/b29-27+. The summed E-state index contributed by atoms with van der Waals surface area (Å²) in [5, 5.41) is 38.5. The van der Waals surface area contributed by atoms with Crippen LogP contribution in [0, 0.1) is 11.3 Å². The monoisotopic (exact) mass is 426 g/mol. The second kappa shape index (κ2) is 8.97. The number of phenolic OH excluding ortho intramolecular Hbond substituents is 1. The lowest BCUT2D eigenvalue weighted by Crippen LogP contribution is -2.12. The summed E-state index contributed by atoms with van der Waals surface area (Å²) < 4.78 is 5.40. The molecular formula is C23H18N6O3. The van der Waals surface area contributed by atoms with E-state index in [1.807, 2.05) is 19.1 Å². The van der Waals surface area contributed by atoms with Crippen LogP contribution in [0.25, 0.3) is 10.8 Å². The van der Waals surface area contributed by atoms with Crippen molar-refractivity contribution in [2.75, 3.05) is 11.9 Å². The summed E-state index contributed by atoms with van der Waals surface area (Å²) in [5.74, 6) is 0.0135. The Bertz CT molecular complexity index is 1350. The van der Waals surface area contributed by atoms with Gasteiger partial charge in [-0.2, -0.15) is 10.4 Å². The lowest BCUT2D eigenvalue weighted by Gasteiger charge is -2.11. The number of amides is 1. The number of anilines is 1. The fraction of sp³-hybridized carbons (Fsp3) is 0.0870. The molecule has 1 heterocycles. The Labute approximate surface area is 183 Å². The van der Waals surface area contributed by atoms with E-state index in [0.29, 0.717) is 28.8 Å².